The van der Waals surface area contributed by atoms with E-state index in [4.69, 9.17) is 5.73 Å². The zero-order valence-corrected chi connectivity index (χ0v) is 11.8. The fourth-order valence-electron chi connectivity index (χ4n) is 3.81. The van der Waals surface area contributed by atoms with Gasteiger partial charge >= 0.3 is 0 Å². The number of hydrogen-bond acceptors (Lipinski definition) is 3. The van der Waals surface area contributed by atoms with Crippen molar-refractivity contribution in [3.8, 4) is 0 Å². The lowest BCUT2D eigenvalue weighted by molar-refractivity contribution is 0.144. The summed E-state index contributed by atoms with van der Waals surface area (Å²) in [6.45, 7) is 2.94. The zero-order chi connectivity index (χ0) is 13.1. The molecule has 1 saturated heterocycles. The van der Waals surface area contributed by atoms with Gasteiger partial charge in [0.1, 0.15) is 0 Å². The van der Waals surface area contributed by atoms with Crippen molar-refractivity contribution in [1.82, 2.24) is 4.98 Å². The topological polar surface area (TPSA) is 42.1 Å². The Labute approximate surface area is 116 Å². The Bertz CT molecular complexity index is 414. The molecule has 0 unspecified atom stereocenters. The Morgan fingerprint density at radius 2 is 1.84 bits per heavy atom. The van der Waals surface area contributed by atoms with Gasteiger partial charge < -0.3 is 10.6 Å². The molecule has 19 heavy (non-hydrogen) atoms. The smallest absolute Gasteiger partial charge is 0.0560 e. The van der Waals surface area contributed by atoms with Crippen molar-refractivity contribution in [1.29, 1.82) is 0 Å². The third-order valence-electron chi connectivity index (χ3n) is 5.11. The minimum absolute atomic E-state index is 0.533. The van der Waals surface area contributed by atoms with Crippen LogP contribution in [0.1, 0.15) is 50.6 Å². The Hall–Kier alpha value is -1.09. The first-order chi connectivity index (χ1) is 9.31. The Morgan fingerprint density at radius 1 is 1.11 bits per heavy atom. The lowest BCUT2D eigenvalue weighted by Crippen LogP contribution is -2.41. The number of nitrogens with two attached hydrogens (primary N) is 1. The van der Waals surface area contributed by atoms with E-state index in [-0.39, 0.29) is 0 Å². The first-order valence-electron chi connectivity index (χ1n) is 7.71. The van der Waals surface area contributed by atoms with E-state index in [1.54, 1.807) is 0 Å². The number of pyridine rings is 1. The van der Waals surface area contributed by atoms with E-state index in [0.717, 1.165) is 5.69 Å². The highest BCUT2D eigenvalue weighted by molar-refractivity contribution is 5.47. The van der Waals surface area contributed by atoms with Crippen molar-refractivity contribution < 1.29 is 0 Å². The van der Waals surface area contributed by atoms with Gasteiger partial charge in [0.2, 0.25) is 0 Å². The van der Waals surface area contributed by atoms with Crippen LogP contribution in [0.2, 0.25) is 0 Å². The molecule has 2 N–H and O–H groups in total. The number of nitrogens with zero attached hydrogens (tertiary/aromatic N) is 2. The monoisotopic (exact) mass is 259 g/mol. The molecule has 104 valence electrons. The molecule has 0 atom stereocenters. The van der Waals surface area contributed by atoms with Gasteiger partial charge in [-0.05, 0) is 43.2 Å². The summed E-state index contributed by atoms with van der Waals surface area (Å²) in [6.07, 6.45) is 11.9. The minimum Gasteiger partial charge on any atom is -0.371 e. The molecule has 0 aromatic carbocycles. The van der Waals surface area contributed by atoms with E-state index < -0.39 is 0 Å². The summed E-state index contributed by atoms with van der Waals surface area (Å²) in [4.78, 5) is 6.80. The molecule has 3 rings (SSSR count). The van der Waals surface area contributed by atoms with Gasteiger partial charge in [-0.25, -0.2) is 0 Å². The van der Waals surface area contributed by atoms with E-state index in [0.29, 0.717) is 12.0 Å². The SMILES string of the molecule is NCc1cc(N2CCC3(CCCCC3)CC2)ccn1. The second-order valence-electron chi connectivity index (χ2n) is 6.26. The van der Waals surface area contributed by atoms with Gasteiger partial charge in [-0.3, -0.25) is 4.98 Å². The average molecular weight is 259 g/mol. The van der Waals surface area contributed by atoms with Gasteiger partial charge in [-0.2, -0.15) is 0 Å². The quantitative estimate of drug-likeness (QED) is 0.887. The summed E-state index contributed by atoms with van der Waals surface area (Å²) in [5, 5.41) is 0. The highest BCUT2D eigenvalue weighted by Crippen LogP contribution is 2.45. The third kappa shape index (κ3) is 2.76. The summed E-state index contributed by atoms with van der Waals surface area (Å²) in [7, 11) is 0. The molecule has 0 radical (unpaired) electrons. The van der Waals surface area contributed by atoms with Crippen molar-refractivity contribution in [2.45, 2.75) is 51.5 Å². The van der Waals surface area contributed by atoms with Gasteiger partial charge in [0.25, 0.3) is 0 Å². The van der Waals surface area contributed by atoms with Crippen LogP contribution in [0.25, 0.3) is 0 Å². The molecular weight excluding hydrogens is 234 g/mol. The fourth-order valence-corrected chi connectivity index (χ4v) is 3.81. The molecular formula is C16H25N3. The molecule has 3 nitrogen and oxygen atoms in total. The molecule has 1 spiro atoms. The van der Waals surface area contributed by atoms with Crippen LogP contribution >= 0.6 is 0 Å². The predicted molar refractivity (Wildman–Crippen MR) is 79.1 cm³/mol. The highest BCUT2D eigenvalue weighted by Gasteiger charge is 2.35. The Kier molecular flexibility index (Phi) is 3.74. The van der Waals surface area contributed by atoms with Crippen LogP contribution in [-0.4, -0.2) is 18.1 Å². The molecule has 1 aliphatic heterocycles. The summed E-state index contributed by atoms with van der Waals surface area (Å²) < 4.78 is 0. The minimum atomic E-state index is 0.533. The highest BCUT2D eigenvalue weighted by atomic mass is 15.1. The molecule has 2 heterocycles. The van der Waals surface area contributed by atoms with E-state index in [1.165, 1.54) is 63.7 Å². The van der Waals surface area contributed by atoms with E-state index in [9.17, 15) is 0 Å². The normalized spacial score (nSPS) is 22.7. The Balaban J connectivity index is 1.65. The van der Waals surface area contributed by atoms with Crippen LogP contribution in [-0.2, 0) is 6.54 Å². The molecule has 2 aliphatic rings. The molecule has 3 heteroatoms. The van der Waals surface area contributed by atoms with Gasteiger partial charge in [0.05, 0.1) is 5.69 Å². The van der Waals surface area contributed by atoms with Gasteiger partial charge in [-0.1, -0.05) is 19.3 Å². The van der Waals surface area contributed by atoms with E-state index in [2.05, 4.69) is 22.0 Å². The maximum atomic E-state index is 5.68. The first kappa shape index (κ1) is 12.9. The van der Waals surface area contributed by atoms with Crippen LogP contribution in [0.5, 0.6) is 0 Å². The number of anilines is 1. The predicted octanol–water partition coefficient (Wildman–Crippen LogP) is 3.09. The number of aromatic nitrogens is 1. The second kappa shape index (κ2) is 5.49. The molecule has 1 aromatic rings. The van der Waals surface area contributed by atoms with Gasteiger partial charge in [-0.15, -0.1) is 0 Å². The summed E-state index contributed by atoms with van der Waals surface area (Å²) in [5.74, 6) is 0. The maximum Gasteiger partial charge on any atom is 0.0560 e. The van der Waals surface area contributed by atoms with E-state index >= 15 is 0 Å². The largest absolute Gasteiger partial charge is 0.371 e. The van der Waals surface area contributed by atoms with E-state index in [1.807, 2.05) is 6.20 Å². The van der Waals surface area contributed by atoms with Crippen molar-refractivity contribution in [2.75, 3.05) is 18.0 Å². The fraction of sp³-hybridized carbons (Fsp3) is 0.688. The Morgan fingerprint density at radius 3 is 2.53 bits per heavy atom. The molecule has 1 aromatic heterocycles. The molecule has 2 fully saturated rings. The number of rotatable bonds is 2. The van der Waals surface area contributed by atoms with Gasteiger partial charge in [0.15, 0.2) is 0 Å². The molecule has 0 bridgehead atoms. The number of hydrogen-bond donors (Lipinski definition) is 1. The molecule has 1 aliphatic carbocycles. The average Bonchev–Trinajstić information content (AvgIpc) is 2.49. The molecule has 0 amide bonds. The van der Waals surface area contributed by atoms with Crippen molar-refractivity contribution >= 4 is 5.69 Å². The summed E-state index contributed by atoms with van der Waals surface area (Å²) in [5.41, 5.74) is 8.66. The van der Waals surface area contributed by atoms with Crippen molar-refractivity contribution in [3.05, 3.63) is 24.0 Å². The standard InChI is InChI=1S/C16H25N3/c17-13-14-12-15(4-9-18-14)19-10-7-16(8-11-19)5-2-1-3-6-16/h4,9,12H,1-3,5-8,10-11,13,17H2. The van der Waals surface area contributed by atoms with Crippen molar-refractivity contribution in [3.63, 3.8) is 0 Å². The first-order valence-corrected chi connectivity index (χ1v) is 7.71. The lowest BCUT2D eigenvalue weighted by atomic mass is 9.68. The number of piperidine rings is 1. The van der Waals surface area contributed by atoms with Crippen LogP contribution < -0.4 is 10.6 Å². The summed E-state index contributed by atoms with van der Waals surface area (Å²) >= 11 is 0. The van der Waals surface area contributed by atoms with Crippen LogP contribution in [0.3, 0.4) is 0 Å². The van der Waals surface area contributed by atoms with Crippen LogP contribution in [0.15, 0.2) is 18.3 Å². The molecule has 1 saturated carbocycles. The van der Waals surface area contributed by atoms with Crippen LogP contribution in [0, 0.1) is 5.41 Å². The zero-order valence-electron chi connectivity index (χ0n) is 11.8. The van der Waals surface area contributed by atoms with Crippen LogP contribution in [0.4, 0.5) is 5.69 Å². The maximum absolute atomic E-state index is 5.68. The van der Waals surface area contributed by atoms with Gasteiger partial charge in [0, 0.05) is 31.5 Å². The summed E-state index contributed by atoms with van der Waals surface area (Å²) in [6, 6.07) is 4.27. The van der Waals surface area contributed by atoms with Crippen molar-refractivity contribution in [2.24, 2.45) is 11.1 Å². The lowest BCUT2D eigenvalue weighted by Gasteiger charge is -2.45. The second-order valence-corrected chi connectivity index (χ2v) is 6.26. The third-order valence-corrected chi connectivity index (χ3v) is 5.11.